The van der Waals surface area contributed by atoms with Gasteiger partial charge in [0.05, 0.1) is 13.2 Å². The number of hydrogen-bond acceptors (Lipinski definition) is 7. The SMILES string of the molecule is CCCCCC(=O)NCc1ccc(Cl)cc1CCC(=O)N[C@@H](Cc1ccccc1)c1nc(-c2ccc(NC(=O)OC)cc2)c(Cl)[nH]1.O=C=O. The van der Waals surface area contributed by atoms with E-state index < -0.39 is 12.1 Å². The Bertz CT molecular complexity index is 1710. The highest BCUT2D eigenvalue weighted by Crippen LogP contribution is 2.30. The molecule has 0 aliphatic carbocycles. The fourth-order valence-electron chi connectivity index (χ4n) is 5.00. The van der Waals surface area contributed by atoms with Crippen molar-refractivity contribution in [3.8, 4) is 11.3 Å². The third-order valence-electron chi connectivity index (χ3n) is 7.49. The first-order chi connectivity index (χ1) is 23.7. The number of carbonyl (C=O) groups is 3. The Morgan fingerprint density at radius 2 is 1.63 bits per heavy atom. The lowest BCUT2D eigenvalue weighted by atomic mass is 10.0. The minimum absolute atomic E-state index is 0.0149. The van der Waals surface area contributed by atoms with Crippen LogP contribution in [0.2, 0.25) is 10.2 Å². The van der Waals surface area contributed by atoms with Gasteiger partial charge in [0.1, 0.15) is 16.7 Å². The smallest absolute Gasteiger partial charge is 0.411 e. The monoisotopic (exact) mass is 707 g/mol. The van der Waals surface area contributed by atoms with Gasteiger partial charge >= 0.3 is 12.2 Å². The summed E-state index contributed by atoms with van der Waals surface area (Å²) in [6.45, 7) is 2.48. The highest BCUT2D eigenvalue weighted by atomic mass is 35.5. The summed E-state index contributed by atoms with van der Waals surface area (Å²) in [7, 11) is 1.30. The molecule has 4 rings (SSSR count). The first-order valence-electron chi connectivity index (χ1n) is 15.7. The van der Waals surface area contributed by atoms with Crippen molar-refractivity contribution in [1.29, 1.82) is 0 Å². The lowest BCUT2D eigenvalue weighted by Gasteiger charge is -2.18. The molecule has 0 saturated heterocycles. The molecule has 0 aliphatic heterocycles. The molecule has 3 amide bonds. The predicted octanol–water partition coefficient (Wildman–Crippen LogP) is 7.21. The van der Waals surface area contributed by atoms with Crippen molar-refractivity contribution in [3.63, 3.8) is 0 Å². The molecule has 258 valence electrons. The number of ether oxygens (including phenoxy) is 1. The summed E-state index contributed by atoms with van der Waals surface area (Å²) in [4.78, 5) is 61.4. The molecule has 0 spiro atoms. The van der Waals surface area contributed by atoms with Crippen molar-refractivity contribution >= 4 is 52.9 Å². The number of aromatic amines is 1. The van der Waals surface area contributed by atoms with Gasteiger partial charge in [0, 0.05) is 35.7 Å². The number of unbranched alkanes of at least 4 members (excludes halogenated alkanes) is 2. The number of nitrogens with zero attached hydrogens (tertiary/aromatic N) is 1. The highest BCUT2D eigenvalue weighted by molar-refractivity contribution is 6.32. The number of amides is 3. The third kappa shape index (κ3) is 12.9. The molecular formula is C36H39Cl2N5O6. The van der Waals surface area contributed by atoms with Gasteiger partial charge in [0.25, 0.3) is 0 Å². The molecule has 13 heteroatoms. The molecule has 3 aromatic carbocycles. The zero-order valence-electron chi connectivity index (χ0n) is 27.3. The number of rotatable bonds is 15. The number of anilines is 1. The largest absolute Gasteiger partial charge is 0.453 e. The number of methoxy groups -OCH3 is 1. The summed E-state index contributed by atoms with van der Waals surface area (Å²) >= 11 is 12.9. The second-order valence-corrected chi connectivity index (χ2v) is 11.8. The quantitative estimate of drug-likeness (QED) is 0.0950. The van der Waals surface area contributed by atoms with Crippen LogP contribution in [0.25, 0.3) is 11.3 Å². The Morgan fingerprint density at radius 1 is 0.918 bits per heavy atom. The zero-order valence-corrected chi connectivity index (χ0v) is 28.8. The second-order valence-electron chi connectivity index (χ2n) is 11.0. The number of nitrogens with one attached hydrogen (secondary N) is 4. The van der Waals surface area contributed by atoms with Crippen LogP contribution < -0.4 is 16.0 Å². The molecule has 1 atom stereocenters. The first-order valence-corrected chi connectivity index (χ1v) is 16.5. The van der Waals surface area contributed by atoms with Crippen molar-refractivity contribution in [2.24, 2.45) is 0 Å². The maximum Gasteiger partial charge on any atom is 0.411 e. The number of H-pyrrole nitrogens is 1. The molecule has 4 aromatic rings. The molecule has 1 heterocycles. The predicted molar refractivity (Wildman–Crippen MR) is 187 cm³/mol. The van der Waals surface area contributed by atoms with E-state index in [0.717, 1.165) is 41.5 Å². The standard InChI is InChI=1S/C35H39Cl2N5O4.CO2/c1-3-4-6-11-30(43)38-22-26-12-16-27(36)21-25(26)15-19-31(44)40-29(20-23-9-7-5-8-10-23)34-41-32(33(37)42-34)24-13-17-28(18-14-24)39-35(45)46-2;2-1-3/h5,7-10,12-14,16-18,21,29H,3-4,6,11,15,19-20,22H2,1-2H3,(H,38,43)(H,39,45)(H,40,44)(H,41,42);/t29-;/m0./s1. The van der Waals surface area contributed by atoms with Crippen LogP contribution in [0.15, 0.2) is 72.8 Å². The van der Waals surface area contributed by atoms with E-state index in [1.165, 1.54) is 7.11 Å². The van der Waals surface area contributed by atoms with Crippen molar-refractivity contribution in [3.05, 3.63) is 105 Å². The summed E-state index contributed by atoms with van der Waals surface area (Å²) in [5, 5.41) is 9.64. The van der Waals surface area contributed by atoms with Crippen molar-refractivity contribution in [2.45, 2.75) is 64.5 Å². The van der Waals surface area contributed by atoms with Gasteiger partial charge in [-0.05, 0) is 60.2 Å². The van der Waals surface area contributed by atoms with E-state index in [0.29, 0.717) is 53.2 Å². The van der Waals surface area contributed by atoms with Crippen LogP contribution in [-0.4, -0.2) is 41.1 Å². The second kappa shape index (κ2) is 20.4. The fraction of sp³-hybridized carbons (Fsp3) is 0.306. The fourth-order valence-corrected chi connectivity index (χ4v) is 5.45. The topological polar surface area (TPSA) is 159 Å². The molecule has 4 N–H and O–H groups in total. The number of imidazole rings is 1. The molecule has 49 heavy (non-hydrogen) atoms. The van der Waals surface area contributed by atoms with Gasteiger partial charge in [-0.2, -0.15) is 9.59 Å². The molecule has 0 radical (unpaired) electrons. The highest BCUT2D eigenvalue weighted by Gasteiger charge is 2.22. The molecule has 11 nitrogen and oxygen atoms in total. The van der Waals surface area contributed by atoms with Crippen LogP contribution in [0.3, 0.4) is 0 Å². The number of carbonyl (C=O) groups excluding carboxylic acids is 5. The van der Waals surface area contributed by atoms with Crippen LogP contribution in [0, 0.1) is 0 Å². The lowest BCUT2D eigenvalue weighted by molar-refractivity contribution is -0.191. The normalized spacial score (nSPS) is 10.9. The number of halogens is 2. The van der Waals surface area contributed by atoms with E-state index in [-0.39, 0.29) is 24.4 Å². The van der Waals surface area contributed by atoms with Gasteiger partial charge < -0.3 is 20.4 Å². The minimum Gasteiger partial charge on any atom is -0.453 e. The number of hydrogen-bond donors (Lipinski definition) is 4. The van der Waals surface area contributed by atoms with Crippen molar-refractivity contribution < 1.29 is 28.7 Å². The number of benzene rings is 3. The zero-order chi connectivity index (χ0) is 35.6. The summed E-state index contributed by atoms with van der Waals surface area (Å²) < 4.78 is 4.64. The Balaban J connectivity index is 0.00000209. The average molecular weight is 709 g/mol. The Kier molecular flexibility index (Phi) is 16.0. The molecule has 0 saturated carbocycles. The minimum atomic E-state index is -0.566. The van der Waals surface area contributed by atoms with Crippen molar-refractivity contribution in [1.82, 2.24) is 20.6 Å². The Morgan fingerprint density at radius 3 is 2.31 bits per heavy atom. The van der Waals surface area contributed by atoms with Gasteiger partial charge in [-0.15, -0.1) is 0 Å². The number of aryl methyl sites for hydroxylation is 1. The first kappa shape index (κ1) is 38.5. The third-order valence-corrected chi connectivity index (χ3v) is 8.00. The maximum absolute atomic E-state index is 13.4. The van der Waals surface area contributed by atoms with Crippen molar-refractivity contribution in [2.75, 3.05) is 12.4 Å². The summed E-state index contributed by atoms with van der Waals surface area (Å²) in [6.07, 6.45) is 4.27. The van der Waals surface area contributed by atoms with Crippen LogP contribution in [0.1, 0.15) is 67.6 Å². The Labute approximate surface area is 295 Å². The molecular weight excluding hydrogens is 669 g/mol. The maximum atomic E-state index is 13.4. The van der Waals surface area contributed by atoms with Gasteiger partial charge in [0.2, 0.25) is 11.8 Å². The van der Waals surface area contributed by atoms with Crippen LogP contribution in [-0.2, 0) is 43.3 Å². The molecule has 0 unspecified atom stereocenters. The summed E-state index contributed by atoms with van der Waals surface area (Å²) in [5.41, 5.74) is 4.68. The molecule has 0 fully saturated rings. The molecule has 0 bridgehead atoms. The van der Waals surface area contributed by atoms with Crippen LogP contribution in [0.4, 0.5) is 10.5 Å². The molecule has 0 aliphatic rings. The van der Waals surface area contributed by atoms with E-state index in [4.69, 9.17) is 37.8 Å². The van der Waals surface area contributed by atoms with E-state index >= 15 is 0 Å². The lowest BCUT2D eigenvalue weighted by Crippen LogP contribution is -2.31. The molecule has 1 aromatic heterocycles. The van der Waals surface area contributed by atoms with Gasteiger partial charge in [-0.25, -0.2) is 9.78 Å². The van der Waals surface area contributed by atoms with Gasteiger partial charge in [-0.1, -0.05) is 91.5 Å². The summed E-state index contributed by atoms with van der Waals surface area (Å²) in [6, 6.07) is 21.9. The number of aromatic nitrogens is 2. The van der Waals surface area contributed by atoms with E-state index in [9.17, 15) is 14.4 Å². The van der Waals surface area contributed by atoms with E-state index in [1.807, 2.05) is 42.5 Å². The van der Waals surface area contributed by atoms with E-state index in [1.54, 1.807) is 30.3 Å². The average Bonchev–Trinajstić information content (AvgIpc) is 3.49. The van der Waals surface area contributed by atoms with Crippen LogP contribution in [0.5, 0.6) is 0 Å². The Hall–Kier alpha value is -4.96. The van der Waals surface area contributed by atoms with Gasteiger partial charge in [-0.3, -0.25) is 14.9 Å². The van der Waals surface area contributed by atoms with E-state index in [2.05, 4.69) is 32.6 Å². The summed E-state index contributed by atoms with van der Waals surface area (Å²) in [5.74, 6) is 0.368. The van der Waals surface area contributed by atoms with Gasteiger partial charge in [0.15, 0.2) is 0 Å². The van der Waals surface area contributed by atoms with Crippen LogP contribution >= 0.6 is 23.2 Å².